The van der Waals surface area contributed by atoms with E-state index in [9.17, 15) is 0 Å². The molecule has 0 aliphatic carbocycles. The molecule has 2 radical (unpaired) electrons. The lowest BCUT2D eigenvalue weighted by Crippen LogP contribution is -2.02. The number of nitrogens with zero attached hydrogens (tertiary/aromatic N) is 1. The van der Waals surface area contributed by atoms with Crippen LogP contribution in [0, 0.1) is 0 Å². The van der Waals surface area contributed by atoms with E-state index in [1.54, 1.807) is 12.2 Å². The maximum absolute atomic E-state index is 3.97. The van der Waals surface area contributed by atoms with Gasteiger partial charge in [-0.15, -0.1) is 0 Å². The van der Waals surface area contributed by atoms with Gasteiger partial charge in [0.25, 0.3) is 0 Å². The zero-order valence-corrected chi connectivity index (χ0v) is 4.43. The molecule has 0 aliphatic rings. The Morgan fingerprint density at radius 2 is 1.57 bits per heavy atom. The SMILES string of the molecule is C=CC[N+]CC=C. The highest BCUT2D eigenvalue weighted by Gasteiger charge is 1.90. The van der Waals surface area contributed by atoms with Gasteiger partial charge in [0, 0.05) is 0 Å². The van der Waals surface area contributed by atoms with Crippen molar-refractivity contribution in [2.75, 3.05) is 13.1 Å². The van der Waals surface area contributed by atoms with Gasteiger partial charge in [0.15, 0.2) is 0 Å². The summed E-state index contributed by atoms with van der Waals surface area (Å²) in [5.41, 5.74) is 0. The molecule has 0 saturated heterocycles. The molecule has 0 aliphatic heterocycles. The van der Waals surface area contributed by atoms with Gasteiger partial charge in [-0.25, -0.2) is 0 Å². The largest absolute Gasteiger partial charge is 0.202 e. The molecule has 0 aromatic carbocycles. The second-order valence-corrected chi connectivity index (χ2v) is 1.17. The molecule has 0 aromatic rings. The van der Waals surface area contributed by atoms with Crippen molar-refractivity contribution < 1.29 is 0 Å². The summed E-state index contributed by atoms with van der Waals surface area (Å²) in [4.78, 5) is 0. The van der Waals surface area contributed by atoms with Gasteiger partial charge in [0.1, 0.15) is 0 Å². The lowest BCUT2D eigenvalue weighted by molar-refractivity contribution is 0.826. The molecule has 0 heterocycles. The van der Waals surface area contributed by atoms with Crippen LogP contribution in [-0.2, 0) is 0 Å². The minimum atomic E-state index is 0.742. The van der Waals surface area contributed by atoms with Gasteiger partial charge in [-0.1, -0.05) is 13.2 Å². The second-order valence-electron chi connectivity index (χ2n) is 1.17. The van der Waals surface area contributed by atoms with Crippen molar-refractivity contribution >= 4 is 0 Å². The zero-order valence-electron chi connectivity index (χ0n) is 4.43. The molecule has 0 amide bonds. The van der Waals surface area contributed by atoms with E-state index in [2.05, 4.69) is 18.5 Å². The first-order valence-electron chi connectivity index (χ1n) is 2.27. The zero-order chi connectivity index (χ0) is 5.54. The summed E-state index contributed by atoms with van der Waals surface area (Å²) < 4.78 is 0. The van der Waals surface area contributed by atoms with E-state index in [-0.39, 0.29) is 0 Å². The van der Waals surface area contributed by atoms with Crippen LogP contribution in [0.3, 0.4) is 0 Å². The Morgan fingerprint density at radius 1 is 1.14 bits per heavy atom. The molecule has 0 bridgehead atoms. The second kappa shape index (κ2) is 5.44. The van der Waals surface area contributed by atoms with Gasteiger partial charge >= 0.3 is 0 Å². The van der Waals surface area contributed by atoms with Crippen LogP contribution in [0.25, 0.3) is 0 Å². The summed E-state index contributed by atoms with van der Waals surface area (Å²) >= 11 is 0. The van der Waals surface area contributed by atoms with Crippen molar-refractivity contribution in [2.24, 2.45) is 0 Å². The third-order valence-corrected chi connectivity index (χ3v) is 0.516. The van der Waals surface area contributed by atoms with Crippen LogP contribution in [0.15, 0.2) is 25.3 Å². The van der Waals surface area contributed by atoms with Crippen LogP contribution in [0.5, 0.6) is 0 Å². The quantitative estimate of drug-likeness (QED) is 0.365. The maximum Gasteiger partial charge on any atom is 0.202 e. The summed E-state index contributed by atoms with van der Waals surface area (Å²) in [6.07, 6.45) is 3.53. The highest BCUT2D eigenvalue weighted by molar-refractivity contribution is 4.74. The van der Waals surface area contributed by atoms with Gasteiger partial charge in [0.05, 0.1) is 5.32 Å². The smallest absolute Gasteiger partial charge is 0.0971 e. The van der Waals surface area contributed by atoms with Gasteiger partial charge < -0.3 is 0 Å². The van der Waals surface area contributed by atoms with Crippen molar-refractivity contribution in [3.63, 3.8) is 0 Å². The van der Waals surface area contributed by atoms with Crippen molar-refractivity contribution in [2.45, 2.75) is 0 Å². The van der Waals surface area contributed by atoms with Crippen molar-refractivity contribution in [1.29, 1.82) is 0 Å². The van der Waals surface area contributed by atoms with Crippen LogP contribution in [0.1, 0.15) is 0 Å². The summed E-state index contributed by atoms with van der Waals surface area (Å²) in [7, 11) is 0. The van der Waals surface area contributed by atoms with E-state index in [0.717, 1.165) is 13.1 Å². The lowest BCUT2D eigenvalue weighted by atomic mass is 10.5. The molecule has 0 rings (SSSR count). The molecule has 38 valence electrons. The first-order chi connectivity index (χ1) is 3.41. The predicted octanol–water partition coefficient (Wildman–Crippen LogP) is 0.963. The normalized spacial score (nSPS) is 8.00. The lowest BCUT2D eigenvalue weighted by Gasteiger charge is -1.68. The minimum absolute atomic E-state index is 0.742. The van der Waals surface area contributed by atoms with Crippen molar-refractivity contribution in [1.82, 2.24) is 5.32 Å². The minimum Gasteiger partial charge on any atom is -0.0971 e. The highest BCUT2D eigenvalue weighted by atomic mass is 14.8. The summed E-state index contributed by atoms with van der Waals surface area (Å²) in [6.45, 7) is 8.49. The Balaban J connectivity index is 2.68. The Kier molecular flexibility index (Phi) is 5.00. The average Bonchev–Trinajstić information content (AvgIpc) is 1.69. The van der Waals surface area contributed by atoms with Crippen LogP contribution in [-0.4, -0.2) is 13.1 Å². The van der Waals surface area contributed by atoms with Crippen LogP contribution in [0.2, 0.25) is 0 Å². The van der Waals surface area contributed by atoms with Gasteiger partial charge in [0.2, 0.25) is 13.1 Å². The van der Waals surface area contributed by atoms with E-state index in [1.807, 2.05) is 0 Å². The first-order valence-corrected chi connectivity index (χ1v) is 2.27. The molecule has 0 aromatic heterocycles. The topological polar surface area (TPSA) is 14.1 Å². The molecule has 0 spiro atoms. The van der Waals surface area contributed by atoms with Crippen molar-refractivity contribution in [3.05, 3.63) is 25.3 Å². The fraction of sp³-hybridized carbons (Fsp3) is 0.333. The molecule has 1 nitrogen and oxygen atoms in total. The van der Waals surface area contributed by atoms with Gasteiger partial charge in [-0.3, -0.25) is 0 Å². The molecule has 0 fully saturated rings. The predicted molar refractivity (Wildman–Crippen MR) is 32.3 cm³/mol. The highest BCUT2D eigenvalue weighted by Crippen LogP contribution is 1.63. The van der Waals surface area contributed by atoms with Gasteiger partial charge in [-0.05, 0) is 12.2 Å². The van der Waals surface area contributed by atoms with E-state index in [0.29, 0.717) is 0 Å². The Hall–Kier alpha value is -0.560. The van der Waals surface area contributed by atoms with Crippen molar-refractivity contribution in [3.8, 4) is 0 Å². The van der Waals surface area contributed by atoms with Crippen LogP contribution < -0.4 is 5.32 Å². The van der Waals surface area contributed by atoms with E-state index < -0.39 is 0 Å². The van der Waals surface area contributed by atoms with Crippen LogP contribution in [0.4, 0.5) is 0 Å². The Labute approximate surface area is 44.7 Å². The molecular formula is C6H10N+. The summed E-state index contributed by atoms with van der Waals surface area (Å²) in [5, 5.41) is 3.97. The Bertz CT molecular complexity index is 49.2. The van der Waals surface area contributed by atoms with E-state index >= 15 is 0 Å². The molecule has 0 N–H and O–H groups in total. The molecule has 0 saturated carbocycles. The average molecular weight is 96.2 g/mol. The third kappa shape index (κ3) is 5.44. The third-order valence-electron chi connectivity index (χ3n) is 0.516. The standard InChI is InChI=1S/C6H10N/c1-3-5-7-6-4-2/h3-4H,1-2,5-6H2/q+1. The number of hydrogen-bond acceptors (Lipinski definition) is 0. The van der Waals surface area contributed by atoms with Crippen LogP contribution >= 0.6 is 0 Å². The van der Waals surface area contributed by atoms with E-state index in [1.165, 1.54) is 0 Å². The monoisotopic (exact) mass is 96.1 g/mol. The maximum atomic E-state index is 3.97. The molecule has 0 unspecified atom stereocenters. The fourth-order valence-electron chi connectivity index (χ4n) is 0.257. The number of hydrogen-bond donors (Lipinski definition) is 0. The molecule has 7 heavy (non-hydrogen) atoms. The van der Waals surface area contributed by atoms with E-state index in [4.69, 9.17) is 0 Å². The first kappa shape index (κ1) is 6.44. The van der Waals surface area contributed by atoms with Gasteiger partial charge in [-0.2, -0.15) is 0 Å². The summed E-state index contributed by atoms with van der Waals surface area (Å²) in [6, 6.07) is 0. The Morgan fingerprint density at radius 3 is 1.86 bits per heavy atom. The molecule has 1 heteroatoms. The molecule has 0 atom stereocenters. The fourth-order valence-corrected chi connectivity index (χ4v) is 0.257. The summed E-state index contributed by atoms with van der Waals surface area (Å²) in [5.74, 6) is 0. The number of rotatable bonds is 4. The molecular weight excluding hydrogens is 86.1 g/mol.